The Labute approximate surface area is 126 Å². The summed E-state index contributed by atoms with van der Waals surface area (Å²) in [5.74, 6) is 0.731. The van der Waals surface area contributed by atoms with Gasteiger partial charge in [-0.05, 0) is 50.5 Å². The lowest BCUT2D eigenvalue weighted by Gasteiger charge is -2.50. The normalized spacial score (nSPS) is 29.4. The second-order valence-electron chi connectivity index (χ2n) is 7.24. The Morgan fingerprint density at radius 1 is 1.05 bits per heavy atom. The summed E-state index contributed by atoms with van der Waals surface area (Å²) < 4.78 is 6.00. The van der Waals surface area contributed by atoms with Gasteiger partial charge in [0.25, 0.3) is 0 Å². The number of benzene rings is 1. The van der Waals surface area contributed by atoms with Crippen molar-refractivity contribution in [3.05, 3.63) is 35.9 Å². The van der Waals surface area contributed by atoms with Crippen LogP contribution in [-0.2, 0) is 14.9 Å². The number of hydrogen-bond donors (Lipinski definition) is 0. The molecule has 4 rings (SSSR count). The summed E-state index contributed by atoms with van der Waals surface area (Å²) in [6.07, 6.45) is 8.76. The molecular weight excluding hydrogens is 260 g/mol. The van der Waals surface area contributed by atoms with Gasteiger partial charge in [-0.15, -0.1) is 0 Å². The summed E-state index contributed by atoms with van der Waals surface area (Å²) in [5.41, 5.74) is 1.14. The van der Waals surface area contributed by atoms with Crippen LogP contribution in [0, 0.1) is 5.92 Å². The van der Waals surface area contributed by atoms with Gasteiger partial charge in [-0.2, -0.15) is 0 Å². The molecule has 1 heterocycles. The highest BCUT2D eigenvalue weighted by Crippen LogP contribution is 2.50. The molecule has 1 aliphatic heterocycles. The van der Waals surface area contributed by atoms with E-state index in [1.807, 2.05) is 6.07 Å². The molecular formula is C19H24O2. The van der Waals surface area contributed by atoms with Crippen molar-refractivity contribution in [2.45, 2.75) is 62.4 Å². The van der Waals surface area contributed by atoms with Gasteiger partial charge in [-0.3, -0.25) is 4.79 Å². The maximum absolute atomic E-state index is 13.3. The highest BCUT2D eigenvalue weighted by atomic mass is 16.5. The fourth-order valence-corrected chi connectivity index (χ4v) is 4.53. The quantitative estimate of drug-likeness (QED) is 0.837. The third-order valence-corrected chi connectivity index (χ3v) is 6.13. The van der Waals surface area contributed by atoms with Crippen molar-refractivity contribution in [1.29, 1.82) is 0 Å². The van der Waals surface area contributed by atoms with E-state index < -0.39 is 0 Å². The van der Waals surface area contributed by atoms with Gasteiger partial charge in [-0.1, -0.05) is 36.8 Å². The van der Waals surface area contributed by atoms with Gasteiger partial charge in [0.15, 0.2) is 0 Å². The zero-order chi connectivity index (χ0) is 14.3. The number of hydrogen-bond acceptors (Lipinski definition) is 2. The summed E-state index contributed by atoms with van der Waals surface area (Å²) in [6, 6.07) is 10.5. The smallest absolute Gasteiger partial charge is 0.146 e. The SMILES string of the molecule is O=C(C1CCOC2(CCC2)C1)C1(c2ccccc2)CCC1. The highest BCUT2D eigenvalue weighted by molar-refractivity contribution is 5.93. The van der Waals surface area contributed by atoms with E-state index in [0.29, 0.717) is 5.78 Å². The molecule has 2 heteroatoms. The minimum Gasteiger partial charge on any atom is -0.375 e. The van der Waals surface area contributed by atoms with E-state index in [-0.39, 0.29) is 16.9 Å². The third kappa shape index (κ3) is 2.07. The van der Waals surface area contributed by atoms with Crippen LogP contribution in [-0.4, -0.2) is 18.0 Å². The van der Waals surface area contributed by atoms with E-state index in [1.54, 1.807) is 0 Å². The maximum atomic E-state index is 13.3. The van der Waals surface area contributed by atoms with Crippen molar-refractivity contribution in [2.75, 3.05) is 6.61 Å². The molecule has 1 spiro atoms. The lowest BCUT2D eigenvalue weighted by molar-refractivity contribution is -0.160. The van der Waals surface area contributed by atoms with E-state index in [1.165, 1.54) is 18.4 Å². The number of ketones is 1. The predicted octanol–water partition coefficient (Wildman–Crippen LogP) is 4.03. The van der Waals surface area contributed by atoms with Crippen LogP contribution >= 0.6 is 0 Å². The molecule has 1 aromatic rings. The Morgan fingerprint density at radius 2 is 1.76 bits per heavy atom. The molecule has 1 unspecified atom stereocenters. The van der Waals surface area contributed by atoms with Gasteiger partial charge in [0, 0.05) is 12.5 Å². The fraction of sp³-hybridized carbons (Fsp3) is 0.632. The largest absolute Gasteiger partial charge is 0.375 e. The maximum Gasteiger partial charge on any atom is 0.146 e. The van der Waals surface area contributed by atoms with Gasteiger partial charge in [0.05, 0.1) is 11.0 Å². The number of carbonyl (C=O) groups excluding carboxylic acids is 1. The number of carbonyl (C=O) groups is 1. The zero-order valence-corrected chi connectivity index (χ0v) is 12.6. The molecule has 3 aliphatic rings. The average molecular weight is 284 g/mol. The van der Waals surface area contributed by atoms with Crippen LogP contribution in [0.4, 0.5) is 0 Å². The topological polar surface area (TPSA) is 26.3 Å². The van der Waals surface area contributed by atoms with Gasteiger partial charge in [0.1, 0.15) is 5.78 Å². The van der Waals surface area contributed by atoms with Crippen LogP contribution < -0.4 is 0 Å². The lowest BCUT2D eigenvalue weighted by atomic mass is 9.57. The third-order valence-electron chi connectivity index (χ3n) is 6.13. The Morgan fingerprint density at radius 3 is 2.33 bits per heavy atom. The molecule has 0 aromatic heterocycles. The molecule has 1 saturated heterocycles. The molecule has 0 bridgehead atoms. The highest BCUT2D eigenvalue weighted by Gasteiger charge is 2.51. The number of ether oxygens (including phenoxy) is 1. The Bertz CT molecular complexity index is 526. The van der Waals surface area contributed by atoms with Crippen LogP contribution in [0.1, 0.15) is 56.9 Å². The van der Waals surface area contributed by atoms with Crippen molar-refractivity contribution in [2.24, 2.45) is 5.92 Å². The standard InChI is InChI=1S/C19H24O2/c20-17(15-8-13-21-18(14-15)9-4-10-18)19(11-5-12-19)16-6-2-1-3-7-16/h1-3,6-7,15H,4-5,8-14H2. The van der Waals surface area contributed by atoms with Crippen molar-refractivity contribution < 1.29 is 9.53 Å². The lowest BCUT2D eigenvalue weighted by Crippen LogP contribution is -2.52. The second-order valence-corrected chi connectivity index (χ2v) is 7.24. The van der Waals surface area contributed by atoms with Crippen molar-refractivity contribution in [3.63, 3.8) is 0 Å². The van der Waals surface area contributed by atoms with E-state index in [9.17, 15) is 4.79 Å². The average Bonchev–Trinajstić information content (AvgIpc) is 2.46. The molecule has 2 nitrogen and oxygen atoms in total. The summed E-state index contributed by atoms with van der Waals surface area (Å²) >= 11 is 0. The first-order chi connectivity index (χ1) is 10.2. The fourth-order valence-electron chi connectivity index (χ4n) is 4.53. The van der Waals surface area contributed by atoms with Gasteiger partial charge < -0.3 is 4.74 Å². The Hall–Kier alpha value is -1.15. The van der Waals surface area contributed by atoms with Crippen LogP contribution in [0.5, 0.6) is 0 Å². The molecule has 0 amide bonds. The van der Waals surface area contributed by atoms with Gasteiger partial charge >= 0.3 is 0 Å². The minimum atomic E-state index is -0.172. The summed E-state index contributed by atoms with van der Waals surface area (Å²) in [7, 11) is 0. The molecule has 1 atom stereocenters. The van der Waals surface area contributed by atoms with Crippen LogP contribution in [0.2, 0.25) is 0 Å². The minimum absolute atomic E-state index is 0.0696. The van der Waals surface area contributed by atoms with Crippen LogP contribution in [0.15, 0.2) is 30.3 Å². The second kappa shape index (κ2) is 4.95. The van der Waals surface area contributed by atoms with Crippen molar-refractivity contribution in [3.8, 4) is 0 Å². The molecule has 0 radical (unpaired) electrons. The number of rotatable bonds is 3. The van der Waals surface area contributed by atoms with E-state index >= 15 is 0 Å². The van der Waals surface area contributed by atoms with E-state index in [4.69, 9.17) is 4.74 Å². The first kappa shape index (κ1) is 13.5. The Kier molecular flexibility index (Phi) is 3.18. The summed E-state index contributed by atoms with van der Waals surface area (Å²) in [5, 5.41) is 0. The van der Waals surface area contributed by atoms with Crippen LogP contribution in [0.25, 0.3) is 0 Å². The number of Topliss-reactive ketones (excluding diaryl/α,β-unsaturated/α-hetero) is 1. The predicted molar refractivity (Wildman–Crippen MR) is 82.2 cm³/mol. The molecule has 0 N–H and O–H groups in total. The van der Waals surface area contributed by atoms with Gasteiger partial charge in [-0.25, -0.2) is 0 Å². The summed E-state index contributed by atoms with van der Waals surface area (Å²) in [6.45, 7) is 0.779. The van der Waals surface area contributed by atoms with E-state index in [2.05, 4.69) is 24.3 Å². The first-order valence-corrected chi connectivity index (χ1v) is 8.48. The molecule has 2 saturated carbocycles. The van der Waals surface area contributed by atoms with Crippen LogP contribution in [0.3, 0.4) is 0 Å². The van der Waals surface area contributed by atoms with Gasteiger partial charge in [0.2, 0.25) is 0 Å². The molecule has 21 heavy (non-hydrogen) atoms. The Balaban J connectivity index is 1.58. The molecule has 112 valence electrons. The van der Waals surface area contributed by atoms with Crippen molar-refractivity contribution in [1.82, 2.24) is 0 Å². The molecule has 1 aromatic carbocycles. The van der Waals surface area contributed by atoms with Crippen molar-refractivity contribution >= 4 is 5.78 Å². The van der Waals surface area contributed by atoms with E-state index in [0.717, 1.165) is 45.1 Å². The summed E-state index contributed by atoms with van der Waals surface area (Å²) in [4.78, 5) is 13.3. The molecule has 2 aliphatic carbocycles. The first-order valence-electron chi connectivity index (χ1n) is 8.48. The zero-order valence-electron chi connectivity index (χ0n) is 12.6. The monoisotopic (exact) mass is 284 g/mol. The molecule has 3 fully saturated rings.